The van der Waals surface area contributed by atoms with E-state index in [0.717, 1.165) is 36.8 Å². The first kappa shape index (κ1) is 22.7. The Labute approximate surface area is 181 Å². The highest BCUT2D eigenvalue weighted by molar-refractivity contribution is 5.84. The van der Waals surface area contributed by atoms with Gasteiger partial charge in [0.1, 0.15) is 5.78 Å². The van der Waals surface area contributed by atoms with Gasteiger partial charge in [-0.25, -0.2) is 0 Å². The van der Waals surface area contributed by atoms with Crippen LogP contribution in [0.4, 0.5) is 0 Å². The van der Waals surface area contributed by atoms with Gasteiger partial charge in [0.15, 0.2) is 0 Å². The SMILES string of the molecule is CCCCC(O)C(C)(C)c1ccc(C2CCC(=O)C2COCc2ccccc2)cc1. The Hall–Kier alpha value is -1.97. The highest BCUT2D eigenvalue weighted by Crippen LogP contribution is 2.39. The number of carbonyl (C=O) groups excluding carboxylic acids is 1. The van der Waals surface area contributed by atoms with Gasteiger partial charge in [0.05, 0.1) is 19.3 Å². The molecular weight excluding hydrogens is 372 g/mol. The zero-order valence-corrected chi connectivity index (χ0v) is 18.6. The predicted octanol–water partition coefficient (Wildman–Crippen LogP) is 5.79. The fraction of sp³-hybridized carbons (Fsp3) is 0.519. The number of aliphatic hydroxyl groups excluding tert-OH is 1. The molecule has 1 aliphatic carbocycles. The zero-order chi connectivity index (χ0) is 21.6. The molecule has 1 N–H and O–H groups in total. The molecule has 0 radical (unpaired) electrons. The van der Waals surface area contributed by atoms with Gasteiger partial charge in [-0.05, 0) is 35.4 Å². The van der Waals surface area contributed by atoms with Crippen molar-refractivity contribution in [3.05, 3.63) is 71.3 Å². The van der Waals surface area contributed by atoms with E-state index in [0.29, 0.717) is 25.4 Å². The van der Waals surface area contributed by atoms with E-state index in [1.807, 2.05) is 30.3 Å². The van der Waals surface area contributed by atoms with E-state index >= 15 is 0 Å². The van der Waals surface area contributed by atoms with Crippen LogP contribution in [0, 0.1) is 5.92 Å². The molecule has 30 heavy (non-hydrogen) atoms. The highest BCUT2D eigenvalue weighted by Gasteiger charge is 2.36. The molecule has 3 nitrogen and oxygen atoms in total. The summed E-state index contributed by atoms with van der Waals surface area (Å²) in [4.78, 5) is 12.5. The summed E-state index contributed by atoms with van der Waals surface area (Å²) in [5, 5.41) is 10.6. The number of aliphatic hydroxyl groups is 1. The van der Waals surface area contributed by atoms with Crippen LogP contribution in [0.1, 0.15) is 75.5 Å². The lowest BCUT2D eigenvalue weighted by molar-refractivity contribution is -0.122. The van der Waals surface area contributed by atoms with Crippen molar-refractivity contribution in [2.45, 2.75) is 76.9 Å². The van der Waals surface area contributed by atoms with Gasteiger partial charge in [0.25, 0.3) is 0 Å². The minimum atomic E-state index is -0.351. The predicted molar refractivity (Wildman–Crippen MR) is 122 cm³/mol. The highest BCUT2D eigenvalue weighted by atomic mass is 16.5. The van der Waals surface area contributed by atoms with Crippen LogP contribution in [-0.4, -0.2) is 23.6 Å². The first-order chi connectivity index (χ1) is 14.4. The van der Waals surface area contributed by atoms with E-state index in [1.54, 1.807) is 0 Å². The second kappa shape index (κ2) is 10.4. The third-order valence-corrected chi connectivity index (χ3v) is 6.76. The maximum absolute atomic E-state index is 12.5. The van der Waals surface area contributed by atoms with E-state index in [1.165, 1.54) is 5.56 Å². The van der Waals surface area contributed by atoms with Gasteiger partial charge >= 0.3 is 0 Å². The molecule has 0 aromatic heterocycles. The molecule has 0 aliphatic heterocycles. The number of rotatable bonds is 10. The van der Waals surface area contributed by atoms with Crippen molar-refractivity contribution in [1.29, 1.82) is 0 Å². The molecule has 0 heterocycles. The standard InChI is InChI=1S/C27H36O3/c1-4-5-11-26(29)27(2,3)22-14-12-21(13-15-22)23-16-17-25(28)24(23)19-30-18-20-9-7-6-8-10-20/h6-10,12-15,23-24,26,29H,4-5,11,16-19H2,1-3H3. The lowest BCUT2D eigenvalue weighted by atomic mass is 9.76. The average Bonchev–Trinajstić information content (AvgIpc) is 3.13. The van der Waals surface area contributed by atoms with Crippen molar-refractivity contribution in [3.8, 4) is 0 Å². The Morgan fingerprint density at radius 3 is 2.47 bits per heavy atom. The van der Waals surface area contributed by atoms with Crippen molar-refractivity contribution >= 4 is 5.78 Å². The Bertz CT molecular complexity index is 795. The molecule has 2 aromatic carbocycles. The van der Waals surface area contributed by atoms with E-state index in [-0.39, 0.29) is 23.4 Å². The van der Waals surface area contributed by atoms with Crippen LogP contribution in [0.25, 0.3) is 0 Å². The number of hydrogen-bond donors (Lipinski definition) is 1. The number of unbranched alkanes of at least 4 members (excludes halogenated alkanes) is 1. The Kier molecular flexibility index (Phi) is 7.85. The number of ketones is 1. The monoisotopic (exact) mass is 408 g/mol. The van der Waals surface area contributed by atoms with E-state index in [2.05, 4.69) is 45.0 Å². The van der Waals surface area contributed by atoms with Gasteiger partial charge in [0, 0.05) is 17.8 Å². The van der Waals surface area contributed by atoms with E-state index in [4.69, 9.17) is 4.74 Å². The number of hydrogen-bond acceptors (Lipinski definition) is 3. The molecular formula is C27H36O3. The van der Waals surface area contributed by atoms with Gasteiger partial charge < -0.3 is 9.84 Å². The number of benzene rings is 2. The summed E-state index contributed by atoms with van der Waals surface area (Å²) < 4.78 is 5.92. The van der Waals surface area contributed by atoms with Crippen LogP contribution in [0.15, 0.2) is 54.6 Å². The summed E-state index contributed by atoms with van der Waals surface area (Å²) in [6.45, 7) is 7.39. The molecule has 2 aromatic rings. The normalized spacial score (nSPS) is 20.5. The Morgan fingerprint density at radius 2 is 1.80 bits per heavy atom. The fourth-order valence-corrected chi connectivity index (χ4v) is 4.51. The lowest BCUT2D eigenvalue weighted by Gasteiger charge is -2.31. The van der Waals surface area contributed by atoms with E-state index in [9.17, 15) is 9.90 Å². The zero-order valence-electron chi connectivity index (χ0n) is 18.6. The van der Waals surface area contributed by atoms with Gasteiger partial charge in [-0.3, -0.25) is 4.79 Å². The third kappa shape index (κ3) is 5.39. The first-order valence-corrected chi connectivity index (χ1v) is 11.4. The maximum Gasteiger partial charge on any atom is 0.138 e. The van der Waals surface area contributed by atoms with Crippen LogP contribution in [0.3, 0.4) is 0 Å². The molecule has 1 saturated carbocycles. The molecule has 0 saturated heterocycles. The smallest absolute Gasteiger partial charge is 0.138 e. The second-order valence-electron chi connectivity index (χ2n) is 9.22. The second-order valence-corrected chi connectivity index (χ2v) is 9.22. The maximum atomic E-state index is 12.5. The van der Waals surface area contributed by atoms with Gasteiger partial charge in [-0.15, -0.1) is 0 Å². The summed E-state index contributed by atoms with van der Waals surface area (Å²) in [7, 11) is 0. The molecule has 0 spiro atoms. The average molecular weight is 409 g/mol. The molecule has 0 amide bonds. The summed E-state index contributed by atoms with van der Waals surface area (Å²) in [5.74, 6) is 0.464. The molecule has 3 unspecified atom stereocenters. The van der Waals surface area contributed by atoms with Crippen LogP contribution in [0.2, 0.25) is 0 Å². The molecule has 1 fully saturated rings. The molecule has 3 atom stereocenters. The van der Waals surface area contributed by atoms with Gasteiger partial charge in [0.2, 0.25) is 0 Å². The summed E-state index contributed by atoms with van der Waals surface area (Å²) >= 11 is 0. The Balaban J connectivity index is 1.64. The quantitative estimate of drug-likeness (QED) is 0.541. The van der Waals surface area contributed by atoms with Crippen LogP contribution in [0.5, 0.6) is 0 Å². The van der Waals surface area contributed by atoms with Gasteiger partial charge in [-0.1, -0.05) is 88.2 Å². The van der Waals surface area contributed by atoms with Crippen molar-refractivity contribution in [1.82, 2.24) is 0 Å². The van der Waals surface area contributed by atoms with Crippen molar-refractivity contribution < 1.29 is 14.6 Å². The third-order valence-electron chi connectivity index (χ3n) is 6.76. The molecule has 162 valence electrons. The van der Waals surface area contributed by atoms with Crippen LogP contribution in [-0.2, 0) is 21.6 Å². The largest absolute Gasteiger partial charge is 0.392 e. The molecule has 3 heteroatoms. The molecule has 3 rings (SSSR count). The van der Waals surface area contributed by atoms with Gasteiger partial charge in [-0.2, -0.15) is 0 Å². The minimum Gasteiger partial charge on any atom is -0.392 e. The number of ether oxygens (including phenoxy) is 1. The molecule has 1 aliphatic rings. The summed E-state index contributed by atoms with van der Waals surface area (Å²) in [6.07, 6.45) is 4.12. The van der Waals surface area contributed by atoms with Crippen LogP contribution >= 0.6 is 0 Å². The van der Waals surface area contributed by atoms with Crippen molar-refractivity contribution in [2.75, 3.05) is 6.61 Å². The number of Topliss-reactive ketones (excluding diaryl/α,β-unsaturated/α-hetero) is 1. The van der Waals surface area contributed by atoms with Crippen LogP contribution < -0.4 is 0 Å². The van der Waals surface area contributed by atoms with E-state index < -0.39 is 0 Å². The van der Waals surface area contributed by atoms with Crippen molar-refractivity contribution in [2.24, 2.45) is 5.92 Å². The fourth-order valence-electron chi connectivity index (χ4n) is 4.51. The van der Waals surface area contributed by atoms with Crippen molar-refractivity contribution in [3.63, 3.8) is 0 Å². The minimum absolute atomic E-state index is 0.0669. The topological polar surface area (TPSA) is 46.5 Å². The Morgan fingerprint density at radius 1 is 1.10 bits per heavy atom. The first-order valence-electron chi connectivity index (χ1n) is 11.4. The lowest BCUT2D eigenvalue weighted by Crippen LogP contribution is -2.33. The summed E-state index contributed by atoms with van der Waals surface area (Å²) in [5.41, 5.74) is 3.21. The molecule has 0 bridgehead atoms. The summed E-state index contributed by atoms with van der Waals surface area (Å²) in [6, 6.07) is 18.7. The number of carbonyl (C=O) groups is 1.